The molecular weight excluding hydrogens is 260 g/mol. The summed E-state index contributed by atoms with van der Waals surface area (Å²) in [6.45, 7) is 2.58. The van der Waals surface area contributed by atoms with E-state index in [1.165, 1.54) is 70.9 Å². The van der Waals surface area contributed by atoms with Crippen molar-refractivity contribution < 1.29 is 0 Å². The second-order valence-corrected chi connectivity index (χ2v) is 7.09. The molecule has 1 aliphatic carbocycles. The summed E-state index contributed by atoms with van der Waals surface area (Å²) in [6.07, 6.45) is 16.4. The standard InChI is InChI=1S/C17H28N4/c1-2-6-14(7-3-1)19-17-18-10-13-21(17)16-9-12-20-11-5-4-8-15(16)20/h10,13-16H,1-9,11-12H2,(H,18,19). The molecule has 4 heteroatoms. The molecule has 116 valence electrons. The maximum Gasteiger partial charge on any atom is 0.203 e. The highest BCUT2D eigenvalue weighted by molar-refractivity contribution is 5.29. The Hall–Kier alpha value is -1.03. The average molecular weight is 288 g/mol. The van der Waals surface area contributed by atoms with Crippen molar-refractivity contribution in [2.24, 2.45) is 0 Å². The summed E-state index contributed by atoms with van der Waals surface area (Å²) in [4.78, 5) is 7.33. The lowest BCUT2D eigenvalue weighted by atomic mass is 9.95. The minimum absolute atomic E-state index is 0.638. The predicted molar refractivity (Wildman–Crippen MR) is 85.6 cm³/mol. The van der Waals surface area contributed by atoms with Crippen LogP contribution >= 0.6 is 0 Å². The Labute approximate surface area is 127 Å². The SMILES string of the molecule is c1cn(C2CCN3CCCCC23)c(NC2CCCCC2)n1. The van der Waals surface area contributed by atoms with Gasteiger partial charge in [0.2, 0.25) is 5.95 Å². The normalized spacial score (nSPS) is 31.2. The van der Waals surface area contributed by atoms with Crippen LogP contribution < -0.4 is 5.32 Å². The first kappa shape index (κ1) is 13.6. The molecule has 4 rings (SSSR count). The first-order chi connectivity index (χ1) is 10.4. The fourth-order valence-corrected chi connectivity index (χ4v) is 4.67. The van der Waals surface area contributed by atoms with Gasteiger partial charge in [-0.25, -0.2) is 4.98 Å². The van der Waals surface area contributed by atoms with E-state index in [0.29, 0.717) is 12.1 Å². The van der Waals surface area contributed by atoms with Gasteiger partial charge in [-0.1, -0.05) is 25.7 Å². The Balaban J connectivity index is 1.49. The summed E-state index contributed by atoms with van der Waals surface area (Å²) >= 11 is 0. The van der Waals surface area contributed by atoms with E-state index in [9.17, 15) is 0 Å². The summed E-state index contributed by atoms with van der Waals surface area (Å²) in [6, 6.07) is 2.03. The van der Waals surface area contributed by atoms with Crippen molar-refractivity contribution in [2.75, 3.05) is 18.4 Å². The number of nitrogens with one attached hydrogen (secondary N) is 1. The van der Waals surface area contributed by atoms with Crippen molar-refractivity contribution in [1.82, 2.24) is 14.5 Å². The molecule has 1 saturated carbocycles. The van der Waals surface area contributed by atoms with Gasteiger partial charge in [0.05, 0.1) is 6.04 Å². The molecule has 1 N–H and O–H groups in total. The maximum atomic E-state index is 4.63. The van der Waals surface area contributed by atoms with E-state index in [1.54, 1.807) is 0 Å². The third-order valence-corrected chi connectivity index (χ3v) is 5.78. The lowest BCUT2D eigenvalue weighted by molar-refractivity contribution is 0.174. The van der Waals surface area contributed by atoms with Crippen LogP contribution in [0.15, 0.2) is 12.4 Å². The van der Waals surface area contributed by atoms with E-state index in [4.69, 9.17) is 0 Å². The summed E-state index contributed by atoms with van der Waals surface area (Å²) in [7, 11) is 0. The van der Waals surface area contributed by atoms with Crippen LogP contribution in [0.1, 0.15) is 63.8 Å². The molecule has 21 heavy (non-hydrogen) atoms. The van der Waals surface area contributed by atoms with E-state index in [2.05, 4.69) is 26.0 Å². The molecule has 1 aromatic heterocycles. The van der Waals surface area contributed by atoms with Gasteiger partial charge in [0.1, 0.15) is 0 Å². The van der Waals surface area contributed by atoms with Crippen LogP contribution in [0.5, 0.6) is 0 Å². The quantitative estimate of drug-likeness (QED) is 0.925. The Kier molecular flexibility index (Phi) is 3.89. The zero-order chi connectivity index (χ0) is 14.1. The molecule has 3 aliphatic rings. The molecule has 2 saturated heterocycles. The van der Waals surface area contributed by atoms with E-state index in [-0.39, 0.29) is 0 Å². The van der Waals surface area contributed by atoms with Crippen LogP contribution in [-0.4, -0.2) is 39.6 Å². The minimum atomic E-state index is 0.638. The monoisotopic (exact) mass is 288 g/mol. The van der Waals surface area contributed by atoms with E-state index >= 15 is 0 Å². The molecule has 2 atom stereocenters. The Morgan fingerprint density at radius 1 is 0.905 bits per heavy atom. The molecule has 2 aliphatic heterocycles. The van der Waals surface area contributed by atoms with Crippen LogP contribution in [0.2, 0.25) is 0 Å². The molecule has 0 spiro atoms. The second kappa shape index (κ2) is 5.99. The molecule has 0 bridgehead atoms. The molecule has 4 nitrogen and oxygen atoms in total. The molecule has 3 heterocycles. The van der Waals surface area contributed by atoms with E-state index in [1.807, 2.05) is 6.20 Å². The Morgan fingerprint density at radius 3 is 2.67 bits per heavy atom. The first-order valence-corrected chi connectivity index (χ1v) is 8.95. The predicted octanol–water partition coefficient (Wildman–Crippen LogP) is 3.43. The van der Waals surface area contributed by atoms with Crippen LogP contribution in [0, 0.1) is 0 Å². The zero-order valence-electron chi connectivity index (χ0n) is 13.0. The van der Waals surface area contributed by atoms with Gasteiger partial charge in [-0.05, 0) is 38.6 Å². The van der Waals surface area contributed by atoms with Crippen LogP contribution in [-0.2, 0) is 0 Å². The van der Waals surface area contributed by atoms with Gasteiger partial charge in [-0.15, -0.1) is 0 Å². The number of fused-ring (bicyclic) bond motifs is 1. The summed E-state index contributed by atoms with van der Waals surface area (Å²) in [5.41, 5.74) is 0. The zero-order valence-corrected chi connectivity index (χ0v) is 13.0. The van der Waals surface area contributed by atoms with Gasteiger partial charge in [-0.3, -0.25) is 4.90 Å². The van der Waals surface area contributed by atoms with Crippen molar-refractivity contribution in [1.29, 1.82) is 0 Å². The van der Waals surface area contributed by atoms with Gasteiger partial charge in [-0.2, -0.15) is 0 Å². The van der Waals surface area contributed by atoms with Crippen LogP contribution in [0.4, 0.5) is 5.95 Å². The van der Waals surface area contributed by atoms with Crippen LogP contribution in [0.3, 0.4) is 0 Å². The topological polar surface area (TPSA) is 33.1 Å². The Bertz CT molecular complexity index is 463. The van der Waals surface area contributed by atoms with Crippen molar-refractivity contribution in [3.05, 3.63) is 12.4 Å². The number of imidazole rings is 1. The third kappa shape index (κ3) is 2.70. The van der Waals surface area contributed by atoms with Gasteiger partial charge < -0.3 is 9.88 Å². The molecule has 0 amide bonds. The van der Waals surface area contributed by atoms with Crippen molar-refractivity contribution in [3.8, 4) is 0 Å². The smallest absolute Gasteiger partial charge is 0.203 e. The molecule has 0 radical (unpaired) electrons. The number of aromatic nitrogens is 2. The number of rotatable bonds is 3. The van der Waals surface area contributed by atoms with Gasteiger partial charge in [0, 0.05) is 31.0 Å². The van der Waals surface area contributed by atoms with Crippen LogP contribution in [0.25, 0.3) is 0 Å². The third-order valence-electron chi connectivity index (χ3n) is 5.78. The fraction of sp³-hybridized carbons (Fsp3) is 0.824. The van der Waals surface area contributed by atoms with Gasteiger partial charge in [0.15, 0.2) is 0 Å². The average Bonchev–Trinajstić information content (AvgIpc) is 3.14. The van der Waals surface area contributed by atoms with Crippen molar-refractivity contribution in [2.45, 2.75) is 75.9 Å². The number of hydrogen-bond donors (Lipinski definition) is 1. The van der Waals surface area contributed by atoms with Gasteiger partial charge >= 0.3 is 0 Å². The first-order valence-electron chi connectivity index (χ1n) is 8.95. The largest absolute Gasteiger partial charge is 0.353 e. The minimum Gasteiger partial charge on any atom is -0.353 e. The van der Waals surface area contributed by atoms with E-state index < -0.39 is 0 Å². The molecular formula is C17H28N4. The van der Waals surface area contributed by atoms with Crippen molar-refractivity contribution >= 4 is 5.95 Å². The summed E-state index contributed by atoms with van der Waals surface area (Å²) in [5, 5.41) is 3.74. The van der Waals surface area contributed by atoms with E-state index in [0.717, 1.165) is 12.0 Å². The molecule has 1 aromatic rings. The Morgan fingerprint density at radius 2 is 1.76 bits per heavy atom. The maximum absolute atomic E-state index is 4.63. The molecule has 2 unspecified atom stereocenters. The number of anilines is 1. The second-order valence-electron chi connectivity index (χ2n) is 7.09. The molecule has 3 fully saturated rings. The fourth-order valence-electron chi connectivity index (χ4n) is 4.67. The summed E-state index contributed by atoms with van der Waals surface area (Å²) in [5.74, 6) is 1.12. The number of nitrogens with zero attached hydrogens (tertiary/aromatic N) is 3. The highest BCUT2D eigenvalue weighted by atomic mass is 15.3. The number of hydrogen-bond acceptors (Lipinski definition) is 3. The molecule has 0 aromatic carbocycles. The number of piperidine rings is 1. The lowest BCUT2D eigenvalue weighted by Gasteiger charge is -2.33. The lowest BCUT2D eigenvalue weighted by Crippen LogP contribution is -2.38. The summed E-state index contributed by atoms with van der Waals surface area (Å²) < 4.78 is 2.45. The van der Waals surface area contributed by atoms with Gasteiger partial charge in [0.25, 0.3) is 0 Å². The van der Waals surface area contributed by atoms with Crippen molar-refractivity contribution in [3.63, 3.8) is 0 Å². The highest BCUT2D eigenvalue weighted by Crippen LogP contribution is 2.36. The highest BCUT2D eigenvalue weighted by Gasteiger charge is 2.37.